The zero-order valence-electron chi connectivity index (χ0n) is 11.0. The van der Waals surface area contributed by atoms with Crippen LogP contribution in [0.5, 0.6) is 5.75 Å². The number of aryl methyl sites for hydroxylation is 2. The van der Waals surface area contributed by atoms with Gasteiger partial charge in [-0.25, -0.2) is 0 Å². The van der Waals surface area contributed by atoms with Gasteiger partial charge >= 0.3 is 0 Å². The summed E-state index contributed by atoms with van der Waals surface area (Å²) >= 11 is 0. The van der Waals surface area contributed by atoms with E-state index >= 15 is 0 Å². The summed E-state index contributed by atoms with van der Waals surface area (Å²) in [5.41, 5.74) is 2.74. The second-order valence-corrected chi connectivity index (χ2v) is 5.29. The minimum atomic E-state index is 0.520. The third-order valence-electron chi connectivity index (χ3n) is 3.04. The first kappa shape index (κ1) is 12.4. The van der Waals surface area contributed by atoms with Crippen LogP contribution in [-0.2, 0) is 11.2 Å². The number of rotatable bonds is 6. The third kappa shape index (κ3) is 4.04. The van der Waals surface area contributed by atoms with Gasteiger partial charge in [0, 0.05) is 0 Å². The fraction of sp³-hybridized carbons (Fsp3) is 0.600. The van der Waals surface area contributed by atoms with Gasteiger partial charge in [-0.3, -0.25) is 0 Å². The molecule has 0 spiro atoms. The average Bonchev–Trinajstić information content (AvgIpc) is 3.09. The van der Waals surface area contributed by atoms with Gasteiger partial charge in [-0.2, -0.15) is 0 Å². The standard InChI is InChI=1S/C15H22O2/c1-11(2)9-16-14-6-4-13(12(3)8-14)5-7-15-10-17-15/h4,6,8,11,15H,5,7,9-10H2,1-3H3. The minimum Gasteiger partial charge on any atom is -0.493 e. The lowest BCUT2D eigenvalue weighted by Crippen LogP contribution is -2.05. The highest BCUT2D eigenvalue weighted by atomic mass is 16.6. The maximum Gasteiger partial charge on any atom is 0.119 e. The molecular weight excluding hydrogens is 212 g/mol. The fourth-order valence-electron chi connectivity index (χ4n) is 1.85. The van der Waals surface area contributed by atoms with Crippen LogP contribution >= 0.6 is 0 Å². The molecule has 1 fully saturated rings. The number of epoxide rings is 1. The van der Waals surface area contributed by atoms with Crippen molar-refractivity contribution in [3.63, 3.8) is 0 Å². The molecule has 1 atom stereocenters. The van der Waals surface area contributed by atoms with Gasteiger partial charge in [0.1, 0.15) is 5.75 Å². The molecule has 0 saturated carbocycles. The quantitative estimate of drug-likeness (QED) is 0.704. The molecule has 0 amide bonds. The Morgan fingerprint density at radius 2 is 2.18 bits per heavy atom. The van der Waals surface area contributed by atoms with Crippen molar-refractivity contribution < 1.29 is 9.47 Å². The highest BCUT2D eigenvalue weighted by Crippen LogP contribution is 2.22. The summed E-state index contributed by atoms with van der Waals surface area (Å²) in [6.45, 7) is 8.22. The molecule has 1 saturated heterocycles. The van der Waals surface area contributed by atoms with Crippen LogP contribution < -0.4 is 4.74 Å². The molecule has 0 aliphatic carbocycles. The van der Waals surface area contributed by atoms with Gasteiger partial charge in [-0.15, -0.1) is 0 Å². The molecule has 1 heterocycles. The molecule has 0 bridgehead atoms. The van der Waals surface area contributed by atoms with E-state index in [0.29, 0.717) is 12.0 Å². The summed E-state index contributed by atoms with van der Waals surface area (Å²) < 4.78 is 11.0. The van der Waals surface area contributed by atoms with Crippen molar-refractivity contribution in [1.82, 2.24) is 0 Å². The smallest absolute Gasteiger partial charge is 0.119 e. The monoisotopic (exact) mass is 234 g/mol. The molecule has 1 aliphatic heterocycles. The Kier molecular flexibility index (Phi) is 4.06. The van der Waals surface area contributed by atoms with E-state index in [1.807, 2.05) is 0 Å². The molecule has 1 aromatic rings. The Morgan fingerprint density at radius 3 is 2.76 bits per heavy atom. The van der Waals surface area contributed by atoms with Crippen LogP contribution in [0.1, 0.15) is 31.4 Å². The Balaban J connectivity index is 1.90. The molecule has 1 unspecified atom stereocenters. The van der Waals surface area contributed by atoms with Gasteiger partial charge in [0.2, 0.25) is 0 Å². The zero-order chi connectivity index (χ0) is 12.3. The van der Waals surface area contributed by atoms with Crippen LogP contribution in [0.25, 0.3) is 0 Å². The summed E-state index contributed by atoms with van der Waals surface area (Å²) in [6.07, 6.45) is 2.78. The summed E-state index contributed by atoms with van der Waals surface area (Å²) in [5.74, 6) is 1.56. The van der Waals surface area contributed by atoms with E-state index in [-0.39, 0.29) is 0 Å². The number of benzene rings is 1. The van der Waals surface area contributed by atoms with Crippen molar-refractivity contribution in [1.29, 1.82) is 0 Å². The van der Waals surface area contributed by atoms with E-state index in [9.17, 15) is 0 Å². The third-order valence-corrected chi connectivity index (χ3v) is 3.04. The van der Waals surface area contributed by atoms with Crippen molar-refractivity contribution in [2.24, 2.45) is 5.92 Å². The van der Waals surface area contributed by atoms with E-state index < -0.39 is 0 Å². The lowest BCUT2D eigenvalue weighted by atomic mass is 10.0. The van der Waals surface area contributed by atoms with E-state index in [1.54, 1.807) is 0 Å². The average molecular weight is 234 g/mol. The second kappa shape index (κ2) is 5.54. The highest BCUT2D eigenvalue weighted by Gasteiger charge is 2.21. The Morgan fingerprint density at radius 1 is 1.41 bits per heavy atom. The normalized spacial score (nSPS) is 18.5. The van der Waals surface area contributed by atoms with Crippen molar-refractivity contribution >= 4 is 0 Å². The van der Waals surface area contributed by atoms with Crippen LogP contribution in [-0.4, -0.2) is 19.3 Å². The second-order valence-electron chi connectivity index (χ2n) is 5.29. The minimum absolute atomic E-state index is 0.520. The van der Waals surface area contributed by atoms with E-state index in [2.05, 4.69) is 39.0 Å². The Labute approximate surface area is 104 Å². The van der Waals surface area contributed by atoms with E-state index in [4.69, 9.17) is 9.47 Å². The maximum absolute atomic E-state index is 5.72. The first-order chi connectivity index (χ1) is 8.15. The van der Waals surface area contributed by atoms with Crippen LogP contribution in [0, 0.1) is 12.8 Å². The first-order valence-corrected chi connectivity index (χ1v) is 6.49. The predicted molar refractivity (Wildman–Crippen MR) is 69.6 cm³/mol. The molecule has 0 N–H and O–H groups in total. The Bertz CT molecular complexity index is 367. The molecule has 17 heavy (non-hydrogen) atoms. The van der Waals surface area contributed by atoms with Gasteiger partial charge in [0.05, 0.1) is 19.3 Å². The van der Waals surface area contributed by atoms with Gasteiger partial charge < -0.3 is 9.47 Å². The molecule has 2 rings (SSSR count). The summed E-state index contributed by atoms with van der Waals surface area (Å²) in [7, 11) is 0. The van der Waals surface area contributed by atoms with Gasteiger partial charge in [0.15, 0.2) is 0 Å². The SMILES string of the molecule is Cc1cc(OCC(C)C)ccc1CCC1CO1. The van der Waals surface area contributed by atoms with Crippen LogP contribution in [0.4, 0.5) is 0 Å². The van der Waals surface area contributed by atoms with E-state index in [1.165, 1.54) is 11.1 Å². The van der Waals surface area contributed by atoms with Crippen LogP contribution in [0.15, 0.2) is 18.2 Å². The van der Waals surface area contributed by atoms with Crippen molar-refractivity contribution in [2.75, 3.05) is 13.2 Å². The van der Waals surface area contributed by atoms with Gasteiger partial charge in [0.25, 0.3) is 0 Å². The predicted octanol–water partition coefficient (Wildman–Crippen LogP) is 3.36. The summed E-state index contributed by atoms with van der Waals surface area (Å²) in [4.78, 5) is 0. The molecule has 0 aromatic heterocycles. The molecule has 1 aliphatic rings. The first-order valence-electron chi connectivity index (χ1n) is 6.49. The van der Waals surface area contributed by atoms with E-state index in [0.717, 1.165) is 31.8 Å². The van der Waals surface area contributed by atoms with Crippen LogP contribution in [0.2, 0.25) is 0 Å². The van der Waals surface area contributed by atoms with Gasteiger partial charge in [-0.1, -0.05) is 19.9 Å². The zero-order valence-corrected chi connectivity index (χ0v) is 11.0. The number of hydrogen-bond acceptors (Lipinski definition) is 2. The molecule has 2 nitrogen and oxygen atoms in total. The van der Waals surface area contributed by atoms with Crippen molar-refractivity contribution in [3.8, 4) is 5.75 Å². The molecule has 2 heteroatoms. The largest absolute Gasteiger partial charge is 0.493 e. The molecule has 0 radical (unpaired) electrons. The van der Waals surface area contributed by atoms with Gasteiger partial charge in [-0.05, 0) is 48.9 Å². The molecule has 94 valence electrons. The number of hydrogen-bond donors (Lipinski definition) is 0. The van der Waals surface area contributed by atoms with Crippen molar-refractivity contribution in [3.05, 3.63) is 29.3 Å². The lowest BCUT2D eigenvalue weighted by Gasteiger charge is -2.11. The summed E-state index contributed by atoms with van der Waals surface area (Å²) in [5, 5.41) is 0. The topological polar surface area (TPSA) is 21.8 Å². The van der Waals surface area contributed by atoms with Crippen molar-refractivity contribution in [2.45, 2.75) is 39.7 Å². The fourth-order valence-corrected chi connectivity index (χ4v) is 1.85. The Hall–Kier alpha value is -1.02. The lowest BCUT2D eigenvalue weighted by molar-refractivity contribution is 0.271. The highest BCUT2D eigenvalue weighted by molar-refractivity contribution is 5.35. The van der Waals surface area contributed by atoms with Crippen LogP contribution in [0.3, 0.4) is 0 Å². The molecule has 1 aromatic carbocycles. The molecular formula is C15H22O2. The summed E-state index contributed by atoms with van der Waals surface area (Å²) in [6, 6.07) is 6.41. The maximum atomic E-state index is 5.72. The number of ether oxygens (including phenoxy) is 2.